The van der Waals surface area contributed by atoms with Gasteiger partial charge in [-0.05, 0) is 19.1 Å². The third-order valence-electron chi connectivity index (χ3n) is 3.40. The second-order valence-electron chi connectivity index (χ2n) is 5.67. The number of carbonyl (C=O) groups is 1. The first kappa shape index (κ1) is 43.1. The predicted octanol–water partition coefficient (Wildman–Crippen LogP) is 5.99. The minimum Gasteiger partial charge on any atom is -0.478 e. The molecule has 3 nitrogen and oxygen atoms in total. The standard InChI is InChI=1S/C10H18O2.C10H17O.2W.2Y/c1-2-3-4-5-6-7-8-9-10(11)12;1-2-3-4-5-6-7-8-9-10-11;;;;/h8-9H,2-7H2,1H3,(H,11,12);8-9H,2-7H2,1H3;;;;/q;-1;;;;/b2*9-8+;;;;. The number of carboxylic acid groups (broad SMARTS) is 1. The normalized spacial score (nSPS) is 9.11. The Balaban J connectivity index is -0.0000000713. The van der Waals surface area contributed by atoms with Crippen molar-refractivity contribution in [2.45, 2.75) is 90.9 Å². The molecule has 1 N–H and O–H groups in total. The molecule has 0 unspecified atom stereocenters. The zero-order valence-corrected chi connectivity index (χ0v) is 28.6. The van der Waals surface area contributed by atoms with Crippen LogP contribution in [0, 0.1) is 0 Å². The topological polar surface area (TPSA) is 54.4 Å². The number of aliphatic carboxylic acids is 1. The molecular weight excluding hydrogens is 834 g/mol. The van der Waals surface area contributed by atoms with Crippen LogP contribution in [0.15, 0.2) is 24.3 Å². The quantitative estimate of drug-likeness (QED) is 0.133. The number of unbranched alkanes of at least 4 members (excludes halogenated alkanes) is 10. The SMILES string of the molecule is CCCCCCC/C=C/C(=O)O.CCCCCCC/C=C/[C-]=O.[W].[W].[Y].[Y]. The van der Waals surface area contributed by atoms with E-state index in [1.54, 1.807) is 12.4 Å². The van der Waals surface area contributed by atoms with Gasteiger partial charge in [0.15, 0.2) is 0 Å². The summed E-state index contributed by atoms with van der Waals surface area (Å²) < 4.78 is 0. The Labute approximate surface area is 246 Å². The average molecular weight is 869 g/mol. The number of hydrogen-bond donors (Lipinski definition) is 1. The second-order valence-corrected chi connectivity index (χ2v) is 5.67. The molecule has 0 aromatic heterocycles. The Bertz CT molecular complexity index is 326. The fraction of sp³-hybridized carbons (Fsp3) is 0.700. The van der Waals surface area contributed by atoms with Crippen LogP contribution in [0.1, 0.15) is 90.9 Å². The molecule has 0 aromatic rings. The fourth-order valence-corrected chi connectivity index (χ4v) is 2.05. The van der Waals surface area contributed by atoms with Gasteiger partial charge in [0, 0.05) is 114 Å². The van der Waals surface area contributed by atoms with Crippen LogP contribution in [0.2, 0.25) is 0 Å². The van der Waals surface area contributed by atoms with Gasteiger partial charge in [-0.25, -0.2) is 10.9 Å². The van der Waals surface area contributed by atoms with Crippen LogP contribution < -0.4 is 0 Å². The van der Waals surface area contributed by atoms with Gasteiger partial charge in [0.05, 0.1) is 0 Å². The number of rotatable bonds is 14. The summed E-state index contributed by atoms with van der Waals surface area (Å²) in [4.78, 5) is 19.8. The van der Waals surface area contributed by atoms with E-state index in [4.69, 9.17) is 5.11 Å². The van der Waals surface area contributed by atoms with Gasteiger partial charge in [-0.3, -0.25) is 0 Å². The fourth-order valence-electron chi connectivity index (χ4n) is 2.05. The molecule has 0 fully saturated rings. The van der Waals surface area contributed by atoms with Crippen LogP contribution in [0.5, 0.6) is 0 Å². The van der Waals surface area contributed by atoms with Crippen molar-refractivity contribution in [3.05, 3.63) is 24.3 Å². The van der Waals surface area contributed by atoms with Gasteiger partial charge >= 0.3 is 5.97 Å². The molecule has 0 saturated carbocycles. The van der Waals surface area contributed by atoms with Gasteiger partial charge in [0.1, 0.15) is 0 Å². The number of carboxylic acids is 1. The Morgan fingerprint density at radius 2 is 1.19 bits per heavy atom. The average Bonchev–Trinajstić information content (AvgIpc) is 2.54. The van der Waals surface area contributed by atoms with Crippen molar-refractivity contribution in [2.75, 3.05) is 0 Å². The van der Waals surface area contributed by atoms with Crippen LogP contribution in [0.3, 0.4) is 0 Å². The molecule has 27 heavy (non-hydrogen) atoms. The van der Waals surface area contributed by atoms with Crippen LogP contribution in [-0.2, 0) is 117 Å². The van der Waals surface area contributed by atoms with Gasteiger partial charge in [-0.1, -0.05) is 77.7 Å². The molecule has 0 atom stereocenters. The molecule has 152 valence electrons. The van der Waals surface area contributed by atoms with Gasteiger partial charge in [0.25, 0.3) is 0 Å². The molecule has 0 aliphatic heterocycles. The molecule has 7 heteroatoms. The predicted molar refractivity (Wildman–Crippen MR) is 98.4 cm³/mol. The molecule has 0 aliphatic rings. The maximum atomic E-state index is 10.0. The Kier molecular flexibility index (Phi) is 67.7. The zero-order chi connectivity index (χ0) is 17.6. The minimum absolute atomic E-state index is 0. The van der Waals surface area contributed by atoms with Crippen molar-refractivity contribution in [2.24, 2.45) is 0 Å². The van der Waals surface area contributed by atoms with Crippen molar-refractivity contribution in [3.8, 4) is 0 Å². The van der Waals surface area contributed by atoms with Crippen LogP contribution >= 0.6 is 0 Å². The van der Waals surface area contributed by atoms with Crippen LogP contribution in [0.25, 0.3) is 0 Å². The largest absolute Gasteiger partial charge is 0.478 e. The molecule has 0 spiro atoms. The van der Waals surface area contributed by atoms with Crippen LogP contribution in [-0.4, -0.2) is 17.4 Å². The van der Waals surface area contributed by atoms with Gasteiger partial charge in [0.2, 0.25) is 0 Å². The monoisotopic (exact) mass is 869 g/mol. The minimum atomic E-state index is -0.844. The Morgan fingerprint density at radius 1 is 0.778 bits per heavy atom. The summed E-state index contributed by atoms with van der Waals surface area (Å²) in [5.74, 6) is -0.844. The van der Waals surface area contributed by atoms with E-state index in [9.17, 15) is 9.59 Å². The first-order valence-electron chi connectivity index (χ1n) is 9.11. The van der Waals surface area contributed by atoms with Crippen molar-refractivity contribution in [3.63, 3.8) is 0 Å². The van der Waals surface area contributed by atoms with Crippen molar-refractivity contribution in [1.29, 1.82) is 0 Å². The molecule has 0 aromatic carbocycles. The first-order chi connectivity index (χ1) is 11.2. The second kappa shape index (κ2) is 42.3. The maximum absolute atomic E-state index is 10.0. The van der Waals surface area contributed by atoms with Gasteiger partial charge in [-0.15, -0.1) is 6.42 Å². The van der Waals surface area contributed by atoms with Crippen molar-refractivity contribution in [1.82, 2.24) is 0 Å². The summed E-state index contributed by atoms with van der Waals surface area (Å²) in [6.07, 6.45) is 22.6. The number of hydrogen-bond acceptors (Lipinski definition) is 2. The molecule has 2 radical (unpaired) electrons. The third-order valence-corrected chi connectivity index (χ3v) is 3.40. The molecule has 0 saturated heterocycles. The molecular formula is C20H35O3W2Y2-. The Hall–Kier alpha value is 2.20. The summed E-state index contributed by atoms with van der Waals surface area (Å²) in [5, 5.41) is 8.27. The van der Waals surface area contributed by atoms with E-state index < -0.39 is 5.97 Å². The number of carbonyl (C=O) groups excluding carboxylic acids is 1. The van der Waals surface area contributed by atoms with Gasteiger partial charge < -0.3 is 9.90 Å². The molecule has 0 rings (SSSR count). The van der Waals surface area contributed by atoms with E-state index in [0.29, 0.717) is 0 Å². The molecule has 0 bridgehead atoms. The van der Waals surface area contributed by atoms with E-state index in [1.165, 1.54) is 69.9 Å². The third kappa shape index (κ3) is 52.5. The summed E-state index contributed by atoms with van der Waals surface area (Å²) >= 11 is 0. The van der Waals surface area contributed by atoms with E-state index in [2.05, 4.69) is 13.8 Å². The number of allylic oxidation sites excluding steroid dienone is 3. The zero-order valence-electron chi connectivity index (χ0n) is 17.0. The smallest absolute Gasteiger partial charge is 0.327 e. The summed E-state index contributed by atoms with van der Waals surface area (Å²) in [6, 6.07) is 0. The summed E-state index contributed by atoms with van der Waals surface area (Å²) in [5.41, 5.74) is 0. The van der Waals surface area contributed by atoms with E-state index in [-0.39, 0.29) is 108 Å². The van der Waals surface area contributed by atoms with E-state index >= 15 is 0 Å². The van der Waals surface area contributed by atoms with Gasteiger partial charge in [-0.2, -0.15) is 6.08 Å². The van der Waals surface area contributed by atoms with E-state index in [1.807, 2.05) is 6.08 Å². The van der Waals surface area contributed by atoms with Crippen molar-refractivity contribution < 1.29 is 122 Å². The molecule has 0 heterocycles. The van der Waals surface area contributed by atoms with Crippen LogP contribution in [0.4, 0.5) is 0 Å². The van der Waals surface area contributed by atoms with E-state index in [0.717, 1.165) is 19.3 Å². The molecule has 0 aliphatic carbocycles. The first-order valence-corrected chi connectivity index (χ1v) is 9.11. The summed E-state index contributed by atoms with van der Waals surface area (Å²) in [6.45, 7) is 4.39. The molecule has 0 amide bonds. The van der Waals surface area contributed by atoms with Crippen molar-refractivity contribution >= 4 is 12.3 Å². The Morgan fingerprint density at radius 3 is 1.56 bits per heavy atom. The maximum Gasteiger partial charge on any atom is 0.327 e. The summed E-state index contributed by atoms with van der Waals surface area (Å²) in [7, 11) is 0.